The number of aromatic nitrogens is 5. The van der Waals surface area contributed by atoms with Gasteiger partial charge in [0.1, 0.15) is 23.9 Å². The van der Waals surface area contributed by atoms with Crippen molar-refractivity contribution in [3.05, 3.63) is 36.7 Å². The third kappa shape index (κ3) is 3.57. The van der Waals surface area contributed by atoms with Crippen molar-refractivity contribution in [3.8, 4) is 17.1 Å². The minimum atomic E-state index is 0.336. The molecule has 4 aromatic rings. The van der Waals surface area contributed by atoms with Crippen LogP contribution in [-0.2, 0) is 6.54 Å². The van der Waals surface area contributed by atoms with Gasteiger partial charge < -0.3 is 15.8 Å². The third-order valence-corrected chi connectivity index (χ3v) is 6.20. The summed E-state index contributed by atoms with van der Waals surface area (Å²) < 4.78 is 7.84. The van der Waals surface area contributed by atoms with Gasteiger partial charge in [-0.15, -0.1) is 0 Å². The van der Waals surface area contributed by atoms with Gasteiger partial charge in [-0.1, -0.05) is 6.07 Å². The summed E-state index contributed by atoms with van der Waals surface area (Å²) in [5.74, 6) is 1.74. The maximum absolute atomic E-state index is 6.28. The van der Waals surface area contributed by atoms with Crippen molar-refractivity contribution >= 4 is 27.8 Å². The zero-order valence-electron chi connectivity index (χ0n) is 17.3. The summed E-state index contributed by atoms with van der Waals surface area (Å²) in [5.41, 5.74) is 9.80. The molecular formula is C23H25N7O. The maximum atomic E-state index is 6.28. The van der Waals surface area contributed by atoms with Gasteiger partial charge in [0.05, 0.1) is 10.9 Å². The first kappa shape index (κ1) is 18.5. The van der Waals surface area contributed by atoms with Crippen molar-refractivity contribution < 1.29 is 4.74 Å². The molecule has 3 aromatic heterocycles. The Balaban J connectivity index is 1.40. The topological polar surface area (TPSA) is 104 Å². The molecule has 0 unspecified atom stereocenters. The number of anilines is 1. The molecule has 3 N–H and O–H groups in total. The van der Waals surface area contributed by atoms with Gasteiger partial charge >= 0.3 is 0 Å². The Morgan fingerprint density at radius 3 is 2.77 bits per heavy atom. The highest BCUT2D eigenvalue weighted by atomic mass is 16.5. The van der Waals surface area contributed by atoms with E-state index in [-0.39, 0.29) is 0 Å². The molecule has 0 amide bonds. The molecule has 0 spiro atoms. The minimum absolute atomic E-state index is 0.336. The second kappa shape index (κ2) is 7.46. The predicted molar refractivity (Wildman–Crippen MR) is 120 cm³/mol. The van der Waals surface area contributed by atoms with Crippen LogP contribution in [0.4, 0.5) is 5.82 Å². The lowest BCUT2D eigenvalue weighted by atomic mass is 9.98. The van der Waals surface area contributed by atoms with Crippen LogP contribution < -0.4 is 15.8 Å². The molecule has 0 radical (unpaired) electrons. The van der Waals surface area contributed by atoms with E-state index in [9.17, 15) is 0 Å². The van der Waals surface area contributed by atoms with Crippen LogP contribution in [0.15, 0.2) is 36.7 Å². The number of hydrogen-bond donors (Lipinski definition) is 2. The van der Waals surface area contributed by atoms with E-state index >= 15 is 0 Å². The number of nitrogen functional groups attached to an aromatic ring is 1. The summed E-state index contributed by atoms with van der Waals surface area (Å²) in [5, 5.41) is 10.2. The largest absolute Gasteiger partial charge is 0.474 e. The second-order valence-electron chi connectivity index (χ2n) is 8.56. The van der Waals surface area contributed by atoms with Gasteiger partial charge in [-0.05, 0) is 62.9 Å². The summed E-state index contributed by atoms with van der Waals surface area (Å²) >= 11 is 0. The predicted octanol–water partition coefficient (Wildman–Crippen LogP) is 3.16. The normalized spacial score (nSPS) is 17.4. The molecule has 1 saturated heterocycles. The van der Waals surface area contributed by atoms with Gasteiger partial charge in [0.25, 0.3) is 0 Å². The number of fused-ring (bicyclic) bond motifs is 2. The highest BCUT2D eigenvalue weighted by molar-refractivity contribution is 5.99. The van der Waals surface area contributed by atoms with Gasteiger partial charge in [0, 0.05) is 23.6 Å². The van der Waals surface area contributed by atoms with Crippen molar-refractivity contribution in [1.29, 1.82) is 0 Å². The molecule has 2 aliphatic rings. The monoisotopic (exact) mass is 415 g/mol. The first-order chi connectivity index (χ1) is 15.2. The molecule has 4 heterocycles. The van der Waals surface area contributed by atoms with Crippen molar-refractivity contribution in [2.24, 2.45) is 5.92 Å². The van der Waals surface area contributed by atoms with Crippen molar-refractivity contribution in [2.45, 2.75) is 38.3 Å². The van der Waals surface area contributed by atoms with E-state index in [0.717, 1.165) is 78.5 Å². The molecule has 158 valence electrons. The third-order valence-electron chi connectivity index (χ3n) is 6.20. The lowest BCUT2D eigenvalue weighted by Crippen LogP contribution is -2.30. The Hall–Kier alpha value is -3.26. The van der Waals surface area contributed by atoms with Gasteiger partial charge in [-0.3, -0.25) is 0 Å². The standard InChI is InChI=1S/C23H25N7O/c24-22-20-21(29-30(23(20)27-13-26-22)12-14-7-9-25-10-8-14)16-1-5-18-15(11-16)2-6-19(28-18)31-17-3-4-17/h1-2,5-6,11,13-14,17,25H,3-4,7-10,12H2,(H2,24,26,27). The van der Waals surface area contributed by atoms with Gasteiger partial charge in [-0.2, -0.15) is 5.10 Å². The number of nitrogens with zero attached hydrogens (tertiary/aromatic N) is 5. The zero-order valence-corrected chi connectivity index (χ0v) is 17.3. The van der Waals surface area contributed by atoms with Gasteiger partial charge in [0.15, 0.2) is 5.65 Å². The Labute approximate surface area is 179 Å². The van der Waals surface area contributed by atoms with E-state index < -0.39 is 0 Å². The number of benzene rings is 1. The van der Waals surface area contributed by atoms with E-state index in [0.29, 0.717) is 23.7 Å². The van der Waals surface area contributed by atoms with Crippen molar-refractivity contribution in [2.75, 3.05) is 18.8 Å². The minimum Gasteiger partial charge on any atom is -0.474 e. The van der Waals surface area contributed by atoms with E-state index in [1.807, 2.05) is 22.9 Å². The molecule has 6 rings (SSSR count). The van der Waals surface area contributed by atoms with Crippen molar-refractivity contribution in [3.63, 3.8) is 0 Å². The number of hydrogen-bond acceptors (Lipinski definition) is 7. The fraction of sp³-hybridized carbons (Fsp3) is 0.391. The second-order valence-corrected chi connectivity index (χ2v) is 8.56. The highest BCUT2D eigenvalue weighted by Crippen LogP contribution is 2.33. The lowest BCUT2D eigenvalue weighted by Gasteiger charge is -2.22. The Bertz CT molecular complexity index is 1260. The molecule has 0 bridgehead atoms. The first-order valence-corrected chi connectivity index (χ1v) is 11.0. The molecule has 2 fully saturated rings. The average molecular weight is 416 g/mol. The lowest BCUT2D eigenvalue weighted by molar-refractivity contribution is 0.292. The van der Waals surface area contributed by atoms with Crippen LogP contribution in [0, 0.1) is 5.92 Å². The molecule has 8 heteroatoms. The smallest absolute Gasteiger partial charge is 0.214 e. The summed E-state index contributed by atoms with van der Waals surface area (Å²) in [7, 11) is 0. The van der Waals surface area contributed by atoms with E-state index in [1.54, 1.807) is 0 Å². The van der Waals surface area contributed by atoms with Crippen LogP contribution in [0.3, 0.4) is 0 Å². The number of nitrogens with one attached hydrogen (secondary N) is 1. The number of piperidine rings is 1. The molecular weight excluding hydrogens is 390 g/mol. The quantitative estimate of drug-likeness (QED) is 0.516. The average Bonchev–Trinajstić information content (AvgIpc) is 3.54. The van der Waals surface area contributed by atoms with Crippen LogP contribution in [0.5, 0.6) is 5.88 Å². The number of pyridine rings is 1. The SMILES string of the molecule is Nc1ncnc2c1c(-c1ccc3nc(OC4CC4)ccc3c1)nn2CC1CCNCC1. The van der Waals surface area contributed by atoms with E-state index in [2.05, 4.69) is 32.4 Å². The van der Waals surface area contributed by atoms with E-state index in [4.69, 9.17) is 15.6 Å². The molecule has 1 aromatic carbocycles. The zero-order chi connectivity index (χ0) is 20.8. The van der Waals surface area contributed by atoms with Crippen LogP contribution in [0.1, 0.15) is 25.7 Å². The Kier molecular flexibility index (Phi) is 4.45. The first-order valence-electron chi connectivity index (χ1n) is 11.0. The molecule has 1 saturated carbocycles. The number of nitrogens with two attached hydrogens (primary N) is 1. The molecule has 0 atom stereocenters. The summed E-state index contributed by atoms with van der Waals surface area (Å²) in [6.45, 7) is 2.95. The highest BCUT2D eigenvalue weighted by Gasteiger charge is 2.24. The van der Waals surface area contributed by atoms with Crippen LogP contribution in [0.2, 0.25) is 0 Å². The number of ether oxygens (including phenoxy) is 1. The van der Waals surface area contributed by atoms with Crippen LogP contribution >= 0.6 is 0 Å². The Morgan fingerprint density at radius 1 is 1.06 bits per heavy atom. The number of rotatable bonds is 5. The summed E-state index contributed by atoms with van der Waals surface area (Å²) in [4.78, 5) is 13.4. The van der Waals surface area contributed by atoms with Gasteiger partial charge in [-0.25, -0.2) is 19.6 Å². The fourth-order valence-corrected chi connectivity index (χ4v) is 4.35. The molecule has 8 nitrogen and oxygen atoms in total. The molecule has 1 aliphatic heterocycles. The molecule has 31 heavy (non-hydrogen) atoms. The summed E-state index contributed by atoms with van der Waals surface area (Å²) in [6, 6.07) is 10.2. The van der Waals surface area contributed by atoms with E-state index in [1.165, 1.54) is 6.33 Å². The molecule has 1 aliphatic carbocycles. The Morgan fingerprint density at radius 2 is 1.94 bits per heavy atom. The fourth-order valence-electron chi connectivity index (χ4n) is 4.35. The summed E-state index contributed by atoms with van der Waals surface area (Å²) in [6.07, 6.45) is 6.38. The van der Waals surface area contributed by atoms with Crippen molar-refractivity contribution in [1.82, 2.24) is 30.0 Å². The van der Waals surface area contributed by atoms with Gasteiger partial charge in [0.2, 0.25) is 5.88 Å². The van der Waals surface area contributed by atoms with Crippen LogP contribution in [-0.4, -0.2) is 43.9 Å². The maximum Gasteiger partial charge on any atom is 0.214 e. The van der Waals surface area contributed by atoms with Crippen LogP contribution in [0.25, 0.3) is 33.2 Å².